The molecule has 8 heteroatoms. The number of nitrogens with zero attached hydrogens (tertiary/aromatic N) is 1. The number of hydrogen-bond donors (Lipinski definition) is 1. The largest absolute Gasteiger partial charge is 0.497 e. The summed E-state index contributed by atoms with van der Waals surface area (Å²) in [4.78, 5) is 13.5. The van der Waals surface area contributed by atoms with Crippen LogP contribution in [0.1, 0.15) is 57.4 Å². The van der Waals surface area contributed by atoms with Gasteiger partial charge in [0, 0.05) is 0 Å². The number of carbonyl (C=O) groups is 1. The van der Waals surface area contributed by atoms with Crippen LogP contribution in [-0.4, -0.2) is 34.1 Å². The SMILES string of the molecule is CCc1ccc([C@@H](C)NC(=O)[C@@H]2CN(S(=O)(=O)c3ccc(OC)cc3)c3cc(C(C)(C)C)ccc3O2)cc1. The Bertz CT molecular complexity index is 1390. The lowest BCUT2D eigenvalue weighted by atomic mass is 9.86. The fourth-order valence-corrected chi connectivity index (χ4v) is 5.86. The maximum atomic E-state index is 13.9. The van der Waals surface area contributed by atoms with Crippen LogP contribution in [0.3, 0.4) is 0 Å². The summed E-state index contributed by atoms with van der Waals surface area (Å²) in [6.45, 7) is 10.0. The molecule has 3 aromatic carbocycles. The first-order chi connectivity index (χ1) is 17.9. The summed E-state index contributed by atoms with van der Waals surface area (Å²) >= 11 is 0. The maximum absolute atomic E-state index is 13.9. The molecule has 1 aliphatic rings. The number of carbonyl (C=O) groups excluding carboxylic acids is 1. The predicted molar refractivity (Wildman–Crippen MR) is 149 cm³/mol. The maximum Gasteiger partial charge on any atom is 0.264 e. The summed E-state index contributed by atoms with van der Waals surface area (Å²) < 4.78 is 40.3. The van der Waals surface area contributed by atoms with Gasteiger partial charge in [0.1, 0.15) is 11.5 Å². The van der Waals surface area contributed by atoms with Crippen molar-refractivity contribution in [2.45, 2.75) is 63.5 Å². The van der Waals surface area contributed by atoms with Gasteiger partial charge in [-0.25, -0.2) is 8.42 Å². The van der Waals surface area contributed by atoms with Gasteiger partial charge in [-0.1, -0.05) is 58.0 Å². The smallest absolute Gasteiger partial charge is 0.264 e. The molecule has 1 amide bonds. The van der Waals surface area contributed by atoms with Crippen molar-refractivity contribution in [1.82, 2.24) is 5.32 Å². The van der Waals surface area contributed by atoms with Crippen LogP contribution in [0.4, 0.5) is 5.69 Å². The number of ether oxygens (including phenoxy) is 2. The van der Waals surface area contributed by atoms with Crippen molar-refractivity contribution < 1.29 is 22.7 Å². The Morgan fingerprint density at radius 1 is 1.08 bits per heavy atom. The molecule has 0 aromatic heterocycles. The Balaban J connectivity index is 1.67. The lowest BCUT2D eigenvalue weighted by Gasteiger charge is -2.36. The highest BCUT2D eigenvalue weighted by molar-refractivity contribution is 7.92. The summed E-state index contributed by atoms with van der Waals surface area (Å²) in [6.07, 6.45) is -0.0837. The van der Waals surface area contributed by atoms with E-state index >= 15 is 0 Å². The van der Waals surface area contributed by atoms with Crippen LogP contribution in [0.25, 0.3) is 0 Å². The molecule has 4 rings (SSSR count). The molecule has 0 aliphatic carbocycles. The Hall–Kier alpha value is -3.52. The minimum Gasteiger partial charge on any atom is -0.497 e. The van der Waals surface area contributed by atoms with Crippen LogP contribution in [0.15, 0.2) is 71.6 Å². The summed E-state index contributed by atoms with van der Waals surface area (Å²) in [7, 11) is -2.47. The number of benzene rings is 3. The van der Waals surface area contributed by atoms with Crippen molar-refractivity contribution in [3.05, 3.63) is 83.4 Å². The van der Waals surface area contributed by atoms with Crippen molar-refractivity contribution in [3.63, 3.8) is 0 Å². The van der Waals surface area contributed by atoms with Crippen LogP contribution in [0.5, 0.6) is 11.5 Å². The van der Waals surface area contributed by atoms with Crippen LogP contribution in [-0.2, 0) is 26.7 Å². The molecule has 3 aromatic rings. The van der Waals surface area contributed by atoms with Crippen LogP contribution in [0.2, 0.25) is 0 Å². The normalized spacial score (nSPS) is 16.3. The third-order valence-corrected chi connectivity index (χ3v) is 8.68. The van der Waals surface area contributed by atoms with Gasteiger partial charge in [0.25, 0.3) is 15.9 Å². The highest BCUT2D eigenvalue weighted by Crippen LogP contribution is 2.40. The molecule has 1 heterocycles. The van der Waals surface area contributed by atoms with Crippen LogP contribution >= 0.6 is 0 Å². The summed E-state index contributed by atoms with van der Waals surface area (Å²) in [5.74, 6) is 0.526. The van der Waals surface area contributed by atoms with Gasteiger partial charge in [-0.3, -0.25) is 9.10 Å². The molecular formula is C30H36N2O5S. The zero-order valence-electron chi connectivity index (χ0n) is 22.8. The Morgan fingerprint density at radius 2 is 1.74 bits per heavy atom. The molecule has 38 heavy (non-hydrogen) atoms. The van der Waals surface area contributed by atoms with Crippen LogP contribution < -0.4 is 19.1 Å². The number of aryl methyl sites for hydroxylation is 1. The van der Waals surface area contributed by atoms with Gasteiger partial charge in [0.15, 0.2) is 6.10 Å². The van der Waals surface area contributed by atoms with E-state index in [4.69, 9.17) is 9.47 Å². The molecule has 1 N–H and O–H groups in total. The third-order valence-electron chi connectivity index (χ3n) is 6.88. The first-order valence-electron chi connectivity index (χ1n) is 12.8. The van der Waals surface area contributed by atoms with E-state index < -0.39 is 16.1 Å². The van der Waals surface area contributed by atoms with E-state index in [1.165, 1.54) is 29.1 Å². The van der Waals surface area contributed by atoms with Gasteiger partial charge in [-0.05, 0) is 71.8 Å². The van der Waals surface area contributed by atoms with E-state index in [9.17, 15) is 13.2 Å². The quantitative estimate of drug-likeness (QED) is 0.438. The number of amides is 1. The zero-order chi connectivity index (χ0) is 27.7. The molecule has 0 fully saturated rings. The molecule has 0 saturated heterocycles. The average Bonchev–Trinajstić information content (AvgIpc) is 2.91. The van der Waals surface area contributed by atoms with Gasteiger partial charge < -0.3 is 14.8 Å². The summed E-state index contributed by atoms with van der Waals surface area (Å²) in [5, 5.41) is 2.99. The first kappa shape index (κ1) is 27.5. The van der Waals surface area contributed by atoms with E-state index in [0.29, 0.717) is 17.2 Å². The van der Waals surface area contributed by atoms with Gasteiger partial charge in [-0.2, -0.15) is 0 Å². The highest BCUT2D eigenvalue weighted by Gasteiger charge is 2.38. The summed E-state index contributed by atoms with van der Waals surface area (Å²) in [6, 6.07) is 19.5. The molecule has 2 atom stereocenters. The first-order valence-corrected chi connectivity index (χ1v) is 14.2. The van der Waals surface area contributed by atoms with Gasteiger partial charge in [0.2, 0.25) is 0 Å². The number of hydrogen-bond acceptors (Lipinski definition) is 5. The lowest BCUT2D eigenvalue weighted by molar-refractivity contribution is -0.128. The lowest BCUT2D eigenvalue weighted by Crippen LogP contribution is -2.51. The molecular weight excluding hydrogens is 500 g/mol. The monoisotopic (exact) mass is 536 g/mol. The summed E-state index contributed by atoms with van der Waals surface area (Å²) in [5.41, 5.74) is 3.35. The second kappa shape index (κ2) is 10.7. The molecule has 202 valence electrons. The number of nitrogens with one attached hydrogen (secondary N) is 1. The number of anilines is 1. The van der Waals surface area contributed by atoms with E-state index in [-0.39, 0.29) is 28.8 Å². The fraction of sp³-hybridized carbons (Fsp3) is 0.367. The van der Waals surface area contributed by atoms with Crippen LogP contribution in [0, 0.1) is 0 Å². The van der Waals surface area contributed by atoms with Gasteiger partial charge >= 0.3 is 0 Å². The molecule has 0 bridgehead atoms. The second-order valence-electron chi connectivity index (χ2n) is 10.6. The fourth-order valence-electron chi connectivity index (χ4n) is 4.39. The van der Waals surface area contributed by atoms with Crippen molar-refractivity contribution in [2.75, 3.05) is 18.0 Å². The van der Waals surface area contributed by atoms with E-state index in [1.807, 2.05) is 43.3 Å². The minimum absolute atomic E-state index is 0.107. The number of sulfonamides is 1. The standard InChI is InChI=1S/C30H36N2O5S/c1-7-21-8-10-22(11-9-21)20(2)31-29(33)28-19-32(38(34,35)25-15-13-24(36-6)14-16-25)26-18-23(30(3,4)5)12-17-27(26)37-28/h8-18,20,28H,7,19H2,1-6H3,(H,31,33)/t20-,28+/m1/s1. The molecule has 0 radical (unpaired) electrons. The van der Waals surface area contributed by atoms with Crippen molar-refractivity contribution in [2.24, 2.45) is 0 Å². The van der Waals surface area contributed by atoms with Crippen molar-refractivity contribution >= 4 is 21.6 Å². The number of methoxy groups -OCH3 is 1. The van der Waals surface area contributed by atoms with Crippen molar-refractivity contribution in [1.29, 1.82) is 0 Å². The zero-order valence-corrected chi connectivity index (χ0v) is 23.6. The minimum atomic E-state index is -4.00. The Labute approximate surface area is 225 Å². The molecule has 1 aliphatic heterocycles. The Kier molecular flexibility index (Phi) is 7.74. The van der Waals surface area contributed by atoms with Crippen molar-refractivity contribution in [3.8, 4) is 11.5 Å². The highest BCUT2D eigenvalue weighted by atomic mass is 32.2. The second-order valence-corrected chi connectivity index (χ2v) is 12.4. The topological polar surface area (TPSA) is 84.9 Å². The molecule has 0 unspecified atom stereocenters. The predicted octanol–water partition coefficient (Wildman–Crippen LogP) is 5.39. The van der Waals surface area contributed by atoms with E-state index in [2.05, 4.69) is 33.0 Å². The van der Waals surface area contributed by atoms with E-state index in [1.54, 1.807) is 18.2 Å². The van der Waals surface area contributed by atoms with E-state index in [0.717, 1.165) is 17.5 Å². The third kappa shape index (κ3) is 5.65. The number of fused-ring (bicyclic) bond motifs is 1. The molecule has 0 spiro atoms. The number of rotatable bonds is 7. The average molecular weight is 537 g/mol. The Morgan fingerprint density at radius 3 is 2.32 bits per heavy atom. The molecule has 0 saturated carbocycles. The van der Waals surface area contributed by atoms with Gasteiger partial charge in [-0.15, -0.1) is 0 Å². The van der Waals surface area contributed by atoms with Gasteiger partial charge in [0.05, 0.1) is 30.3 Å². The molecule has 7 nitrogen and oxygen atoms in total.